The summed E-state index contributed by atoms with van der Waals surface area (Å²) in [5.41, 5.74) is 2.51. The molecule has 1 amide bonds. The van der Waals surface area contributed by atoms with Crippen LogP contribution in [0, 0.1) is 12.7 Å². The first kappa shape index (κ1) is 32.1. The van der Waals surface area contributed by atoms with Crippen LogP contribution in [0.25, 0.3) is 22.3 Å². The van der Waals surface area contributed by atoms with Crippen LogP contribution in [0.4, 0.5) is 10.1 Å². The van der Waals surface area contributed by atoms with Crippen molar-refractivity contribution in [2.75, 3.05) is 25.6 Å². The highest BCUT2D eigenvalue weighted by atomic mass is 35.5. The molecule has 5 rings (SSSR count). The number of hydrogen-bond donors (Lipinski definition) is 3. The van der Waals surface area contributed by atoms with Gasteiger partial charge >= 0.3 is 5.69 Å². The van der Waals surface area contributed by atoms with E-state index >= 15 is 4.39 Å². The summed E-state index contributed by atoms with van der Waals surface area (Å²) < 4.78 is 28.4. The maximum absolute atomic E-state index is 15.5. The topological polar surface area (TPSA) is 124 Å². The molecule has 4 aromatic rings. The average Bonchev–Trinajstić information content (AvgIpc) is 3.02. The molecule has 0 saturated carbocycles. The number of anilines is 1. The predicted molar refractivity (Wildman–Crippen MR) is 171 cm³/mol. The number of hydrogen-bond acceptors (Lipinski definition) is 7. The average molecular weight is 637 g/mol. The maximum atomic E-state index is 15.5. The van der Waals surface area contributed by atoms with Gasteiger partial charge in [0.25, 0.3) is 11.5 Å². The minimum atomic E-state index is -0.703. The summed E-state index contributed by atoms with van der Waals surface area (Å²) in [6.07, 6.45) is 1.15. The number of carbonyl (C=O) groups is 1. The molecule has 12 heteroatoms. The summed E-state index contributed by atoms with van der Waals surface area (Å²) in [4.78, 5) is 37.7. The molecule has 3 aromatic carbocycles. The van der Waals surface area contributed by atoms with Crippen molar-refractivity contribution >= 4 is 23.2 Å². The fraction of sp³-hybridized carbons (Fsp3) is 0.303. The lowest BCUT2D eigenvalue weighted by Crippen LogP contribution is -2.46. The van der Waals surface area contributed by atoms with Crippen LogP contribution in [-0.2, 0) is 25.4 Å². The molecule has 1 aliphatic heterocycles. The molecule has 1 fully saturated rings. The van der Waals surface area contributed by atoms with E-state index in [4.69, 9.17) is 21.1 Å². The standard InChI is InChI=1S/C33H34ClFN4O6/c1-18-20(7-6-10-26(18)37-31(41)24-16-38(2)33(43)39(3)32(24)42)22-9-5-8-21(30(22)34)19-13-25(35)23(29(14-19)44-4)15-36-27-11-12-45-17-28(27)40/h5-10,13-14,16,27-28,36,40H,11-12,15,17H2,1-4H3,(H,37,41)/t27-,28+/m0/s1. The Morgan fingerprint density at radius 1 is 1.13 bits per heavy atom. The highest BCUT2D eigenvalue weighted by Gasteiger charge is 2.25. The van der Waals surface area contributed by atoms with Crippen molar-refractivity contribution in [2.45, 2.75) is 32.0 Å². The Hall–Kier alpha value is -4.29. The van der Waals surface area contributed by atoms with Crippen molar-refractivity contribution in [1.82, 2.24) is 14.5 Å². The number of rotatable bonds is 8. The molecule has 1 aliphatic rings. The van der Waals surface area contributed by atoms with Crippen molar-refractivity contribution in [3.63, 3.8) is 0 Å². The number of amides is 1. The highest BCUT2D eigenvalue weighted by molar-refractivity contribution is 6.36. The van der Waals surface area contributed by atoms with Crippen LogP contribution in [0.1, 0.15) is 27.9 Å². The van der Waals surface area contributed by atoms with E-state index in [0.717, 1.165) is 10.1 Å². The fourth-order valence-electron chi connectivity index (χ4n) is 5.49. The van der Waals surface area contributed by atoms with E-state index in [-0.39, 0.29) is 24.8 Å². The van der Waals surface area contributed by atoms with Gasteiger partial charge in [-0.1, -0.05) is 41.9 Å². The predicted octanol–water partition coefficient (Wildman–Crippen LogP) is 4.02. The zero-order valence-electron chi connectivity index (χ0n) is 25.3. The van der Waals surface area contributed by atoms with Crippen molar-refractivity contribution < 1.29 is 23.8 Å². The fourth-order valence-corrected chi connectivity index (χ4v) is 5.83. The van der Waals surface area contributed by atoms with Gasteiger partial charge in [0.05, 0.1) is 24.8 Å². The molecule has 1 aromatic heterocycles. The zero-order valence-corrected chi connectivity index (χ0v) is 26.1. The van der Waals surface area contributed by atoms with E-state index in [0.29, 0.717) is 57.3 Å². The first-order valence-corrected chi connectivity index (χ1v) is 14.7. The molecule has 45 heavy (non-hydrogen) atoms. The molecule has 0 spiro atoms. The smallest absolute Gasteiger partial charge is 0.330 e. The lowest BCUT2D eigenvalue weighted by molar-refractivity contribution is -0.0281. The van der Waals surface area contributed by atoms with Crippen molar-refractivity contribution in [2.24, 2.45) is 14.1 Å². The summed E-state index contributed by atoms with van der Waals surface area (Å²) in [6.45, 7) is 2.72. The van der Waals surface area contributed by atoms with Gasteiger partial charge in [-0.2, -0.15) is 0 Å². The molecule has 0 radical (unpaired) electrons. The first-order valence-electron chi connectivity index (χ1n) is 14.3. The molecule has 3 N–H and O–H groups in total. The van der Waals surface area contributed by atoms with E-state index in [1.54, 1.807) is 24.3 Å². The van der Waals surface area contributed by atoms with Gasteiger partial charge in [-0.05, 0) is 48.2 Å². The van der Waals surface area contributed by atoms with Gasteiger partial charge in [0, 0.05) is 61.9 Å². The molecule has 2 heterocycles. The van der Waals surface area contributed by atoms with Crippen molar-refractivity contribution in [1.29, 1.82) is 0 Å². The molecular formula is C33H34ClFN4O6. The number of aliphatic hydroxyl groups excluding tert-OH is 1. The number of aryl methyl sites for hydroxylation is 1. The van der Waals surface area contributed by atoms with Gasteiger partial charge in [-0.25, -0.2) is 9.18 Å². The minimum absolute atomic E-state index is 0.161. The van der Waals surface area contributed by atoms with Crippen LogP contribution in [0.2, 0.25) is 5.02 Å². The highest BCUT2D eigenvalue weighted by Crippen LogP contribution is 2.41. The normalized spacial score (nSPS) is 16.4. The number of nitrogens with one attached hydrogen (secondary N) is 2. The third-order valence-corrected chi connectivity index (χ3v) is 8.52. The summed E-state index contributed by atoms with van der Waals surface area (Å²) >= 11 is 6.96. The van der Waals surface area contributed by atoms with Crippen LogP contribution in [-0.4, -0.2) is 52.6 Å². The number of methoxy groups -OCH3 is 1. The van der Waals surface area contributed by atoms with E-state index in [2.05, 4.69) is 10.6 Å². The van der Waals surface area contributed by atoms with Crippen LogP contribution >= 0.6 is 11.6 Å². The molecule has 1 saturated heterocycles. The van der Waals surface area contributed by atoms with Gasteiger partial charge in [0.15, 0.2) is 0 Å². The summed E-state index contributed by atoms with van der Waals surface area (Å²) in [7, 11) is 4.24. The number of benzene rings is 3. The van der Waals surface area contributed by atoms with Crippen LogP contribution in [0.5, 0.6) is 5.75 Å². The summed E-state index contributed by atoms with van der Waals surface area (Å²) in [6, 6.07) is 13.6. The Balaban J connectivity index is 1.45. The van der Waals surface area contributed by atoms with E-state index in [1.165, 1.54) is 38.0 Å². The summed E-state index contributed by atoms with van der Waals surface area (Å²) in [5, 5.41) is 16.5. The van der Waals surface area contributed by atoms with Gasteiger partial charge in [-0.3, -0.25) is 14.2 Å². The molecular weight excluding hydrogens is 603 g/mol. The Labute approximate surface area is 264 Å². The Morgan fingerprint density at radius 3 is 2.58 bits per heavy atom. The second-order valence-electron chi connectivity index (χ2n) is 11.0. The van der Waals surface area contributed by atoms with Gasteiger partial charge in [0.2, 0.25) is 0 Å². The van der Waals surface area contributed by atoms with Gasteiger partial charge in [-0.15, -0.1) is 0 Å². The number of carbonyl (C=O) groups excluding carboxylic acids is 1. The third kappa shape index (κ3) is 6.43. The molecule has 236 valence electrons. The molecule has 0 aliphatic carbocycles. The monoisotopic (exact) mass is 636 g/mol. The Morgan fingerprint density at radius 2 is 1.84 bits per heavy atom. The second-order valence-corrected chi connectivity index (χ2v) is 11.3. The number of nitrogens with zero attached hydrogens (tertiary/aromatic N) is 2. The molecule has 0 bridgehead atoms. The Bertz CT molecular complexity index is 1890. The number of halogens is 2. The quantitative estimate of drug-likeness (QED) is 0.267. The van der Waals surface area contributed by atoms with Crippen LogP contribution < -0.4 is 26.6 Å². The zero-order chi connectivity index (χ0) is 32.4. The lowest BCUT2D eigenvalue weighted by atomic mass is 9.94. The lowest BCUT2D eigenvalue weighted by Gasteiger charge is -2.29. The molecule has 2 atom stereocenters. The Kier molecular flexibility index (Phi) is 9.54. The van der Waals surface area contributed by atoms with E-state index < -0.39 is 29.1 Å². The van der Waals surface area contributed by atoms with Crippen LogP contribution in [0.3, 0.4) is 0 Å². The minimum Gasteiger partial charge on any atom is -0.496 e. The number of ether oxygens (including phenoxy) is 2. The maximum Gasteiger partial charge on any atom is 0.330 e. The van der Waals surface area contributed by atoms with Crippen molar-refractivity contribution in [3.8, 4) is 28.0 Å². The largest absolute Gasteiger partial charge is 0.496 e. The summed E-state index contributed by atoms with van der Waals surface area (Å²) in [5.74, 6) is -0.800. The van der Waals surface area contributed by atoms with Crippen molar-refractivity contribution in [3.05, 3.63) is 103 Å². The second kappa shape index (κ2) is 13.4. The molecule has 10 nitrogen and oxygen atoms in total. The number of aromatic nitrogens is 2. The molecule has 0 unspecified atom stereocenters. The number of aliphatic hydroxyl groups is 1. The first-order chi connectivity index (χ1) is 21.5. The van der Waals surface area contributed by atoms with E-state index in [9.17, 15) is 19.5 Å². The van der Waals surface area contributed by atoms with Crippen LogP contribution in [0.15, 0.2) is 64.3 Å². The van der Waals surface area contributed by atoms with E-state index in [1.807, 2.05) is 25.1 Å². The third-order valence-electron chi connectivity index (χ3n) is 8.11. The SMILES string of the molecule is COc1cc(-c2cccc(-c3cccc(NC(=O)c4cn(C)c(=O)n(C)c4=O)c3C)c2Cl)cc(F)c1CN[C@H]1CCOC[C@H]1O. The van der Waals surface area contributed by atoms with Gasteiger partial charge in [0.1, 0.15) is 17.1 Å². The van der Waals surface area contributed by atoms with Gasteiger partial charge < -0.3 is 29.8 Å².